The van der Waals surface area contributed by atoms with Crippen molar-refractivity contribution in [3.8, 4) is 0 Å². The molecular formula is C19H17F2NO3S. The Morgan fingerprint density at radius 3 is 2.58 bits per heavy atom. The Bertz CT molecular complexity index is 841. The number of thioether (sulfide) groups is 1. The molecule has 0 atom stereocenters. The van der Waals surface area contributed by atoms with Gasteiger partial charge in [0.2, 0.25) is 0 Å². The minimum Gasteiger partial charge on any atom is -0.465 e. The van der Waals surface area contributed by atoms with Gasteiger partial charge in [-0.15, -0.1) is 0 Å². The summed E-state index contributed by atoms with van der Waals surface area (Å²) in [7, 11) is 1.31. The minimum absolute atomic E-state index is 0.231. The van der Waals surface area contributed by atoms with Crippen molar-refractivity contribution >= 4 is 29.3 Å². The van der Waals surface area contributed by atoms with Crippen molar-refractivity contribution in [2.45, 2.75) is 23.5 Å². The van der Waals surface area contributed by atoms with Crippen LogP contribution in [-0.4, -0.2) is 31.3 Å². The summed E-state index contributed by atoms with van der Waals surface area (Å²) >= 11 is 0.355. The molecule has 4 nitrogen and oxygen atoms in total. The van der Waals surface area contributed by atoms with Crippen LogP contribution in [-0.2, 0) is 11.2 Å². The van der Waals surface area contributed by atoms with Crippen molar-refractivity contribution in [3.63, 3.8) is 0 Å². The Hall–Kier alpha value is -2.41. The van der Waals surface area contributed by atoms with E-state index < -0.39 is 11.7 Å². The largest absolute Gasteiger partial charge is 0.465 e. The van der Waals surface area contributed by atoms with Crippen LogP contribution in [0.3, 0.4) is 0 Å². The Morgan fingerprint density at radius 1 is 1.12 bits per heavy atom. The number of ether oxygens (including phenoxy) is 1. The number of halogens is 2. The first-order valence-corrected chi connectivity index (χ1v) is 8.96. The first-order valence-electron chi connectivity index (χ1n) is 8.09. The quantitative estimate of drug-likeness (QED) is 0.586. The summed E-state index contributed by atoms with van der Waals surface area (Å²) in [5.74, 6) is -3.41. The fraction of sp³-hybridized carbons (Fsp3) is 0.263. The number of hydrogen-bond acceptors (Lipinski definition) is 4. The molecule has 2 aromatic rings. The standard InChI is InChI=1S/C19H17F2NO3S/c1-25-18(24)13-7-4-9-15-12(13)8-5-11-22(15)17(23)14-6-2-3-10-16(14)26-19(20)21/h2-4,6-7,9-10,19H,5,8,11H2,1H3. The molecule has 0 saturated heterocycles. The van der Waals surface area contributed by atoms with Crippen molar-refractivity contribution in [2.24, 2.45) is 0 Å². The van der Waals surface area contributed by atoms with Gasteiger partial charge in [0, 0.05) is 17.1 Å². The molecule has 2 aromatic carbocycles. The number of anilines is 1. The zero-order valence-electron chi connectivity index (χ0n) is 14.1. The van der Waals surface area contributed by atoms with Gasteiger partial charge in [-0.25, -0.2) is 4.79 Å². The number of fused-ring (bicyclic) bond motifs is 1. The first-order chi connectivity index (χ1) is 12.5. The number of rotatable bonds is 4. The van der Waals surface area contributed by atoms with Crippen LogP contribution < -0.4 is 4.90 Å². The van der Waals surface area contributed by atoms with Gasteiger partial charge >= 0.3 is 5.97 Å². The summed E-state index contributed by atoms with van der Waals surface area (Å²) in [5, 5.41) is 0. The van der Waals surface area contributed by atoms with Gasteiger partial charge in [0.05, 0.1) is 18.2 Å². The molecule has 0 bridgehead atoms. The molecule has 0 saturated carbocycles. The Balaban J connectivity index is 2.01. The number of nitrogens with zero attached hydrogens (tertiary/aromatic N) is 1. The Labute approximate surface area is 154 Å². The molecule has 1 heterocycles. The minimum atomic E-state index is -2.61. The van der Waals surface area contributed by atoms with Crippen LogP contribution in [0.1, 0.15) is 32.7 Å². The molecule has 26 heavy (non-hydrogen) atoms. The predicted molar refractivity (Wildman–Crippen MR) is 96.1 cm³/mol. The summed E-state index contributed by atoms with van der Waals surface area (Å²) < 4.78 is 30.4. The molecule has 0 fully saturated rings. The van der Waals surface area contributed by atoms with Gasteiger partial charge in [0.1, 0.15) is 0 Å². The van der Waals surface area contributed by atoms with Gasteiger partial charge < -0.3 is 9.64 Å². The number of esters is 1. The van der Waals surface area contributed by atoms with Crippen LogP contribution >= 0.6 is 11.8 Å². The van der Waals surface area contributed by atoms with E-state index in [0.717, 1.165) is 5.56 Å². The number of carbonyl (C=O) groups is 2. The van der Waals surface area contributed by atoms with Crippen LogP contribution in [0, 0.1) is 0 Å². The average Bonchev–Trinajstić information content (AvgIpc) is 2.66. The fourth-order valence-corrected chi connectivity index (χ4v) is 3.76. The predicted octanol–water partition coefficient (Wildman–Crippen LogP) is 4.38. The monoisotopic (exact) mass is 377 g/mol. The number of methoxy groups -OCH3 is 1. The lowest BCUT2D eigenvalue weighted by Gasteiger charge is -2.31. The van der Waals surface area contributed by atoms with Crippen LogP contribution in [0.2, 0.25) is 0 Å². The summed E-state index contributed by atoms with van der Waals surface area (Å²) in [6, 6.07) is 11.5. The molecule has 136 valence electrons. The molecular weight excluding hydrogens is 360 g/mol. The van der Waals surface area contributed by atoms with Crippen molar-refractivity contribution < 1.29 is 23.1 Å². The molecule has 3 rings (SSSR count). The molecule has 0 aliphatic carbocycles. The first kappa shape index (κ1) is 18.4. The Morgan fingerprint density at radius 2 is 1.85 bits per heavy atom. The molecule has 1 aliphatic heterocycles. The molecule has 0 spiro atoms. The number of benzene rings is 2. The van der Waals surface area contributed by atoms with Crippen LogP contribution in [0.4, 0.5) is 14.5 Å². The SMILES string of the molecule is COC(=O)c1cccc2c1CCCN2C(=O)c1ccccc1SC(F)F. The molecule has 0 N–H and O–H groups in total. The lowest BCUT2D eigenvalue weighted by Crippen LogP contribution is -2.36. The van der Waals surface area contributed by atoms with E-state index in [0.29, 0.717) is 42.4 Å². The highest BCUT2D eigenvalue weighted by molar-refractivity contribution is 7.99. The fourth-order valence-electron chi connectivity index (χ4n) is 3.12. The maximum absolute atomic E-state index is 13.1. The smallest absolute Gasteiger partial charge is 0.338 e. The van der Waals surface area contributed by atoms with E-state index in [1.807, 2.05) is 0 Å². The van der Waals surface area contributed by atoms with Gasteiger partial charge in [0.15, 0.2) is 0 Å². The molecule has 1 amide bonds. The van der Waals surface area contributed by atoms with E-state index >= 15 is 0 Å². The zero-order valence-corrected chi connectivity index (χ0v) is 14.9. The zero-order chi connectivity index (χ0) is 18.7. The van der Waals surface area contributed by atoms with Gasteiger partial charge in [-0.2, -0.15) is 8.78 Å². The highest BCUT2D eigenvalue weighted by Crippen LogP contribution is 2.34. The summed E-state index contributed by atoms with van der Waals surface area (Å²) in [5.41, 5.74) is 2.03. The molecule has 1 aliphatic rings. The third kappa shape index (κ3) is 3.58. The topological polar surface area (TPSA) is 46.6 Å². The maximum atomic E-state index is 13.1. The third-order valence-electron chi connectivity index (χ3n) is 4.23. The normalized spacial score (nSPS) is 13.5. The summed E-state index contributed by atoms with van der Waals surface area (Å²) in [4.78, 5) is 26.9. The number of alkyl halides is 2. The Kier molecular flexibility index (Phi) is 5.56. The number of hydrogen-bond donors (Lipinski definition) is 0. The average molecular weight is 377 g/mol. The number of carbonyl (C=O) groups excluding carboxylic acids is 2. The highest BCUT2D eigenvalue weighted by Gasteiger charge is 2.28. The van der Waals surface area contributed by atoms with E-state index in [1.165, 1.54) is 13.2 Å². The second-order valence-corrected chi connectivity index (χ2v) is 6.76. The van der Waals surface area contributed by atoms with Crippen molar-refractivity contribution in [3.05, 3.63) is 59.2 Å². The van der Waals surface area contributed by atoms with Gasteiger partial charge in [-0.3, -0.25) is 4.79 Å². The lowest BCUT2D eigenvalue weighted by molar-refractivity contribution is 0.0599. The number of amides is 1. The second-order valence-electron chi connectivity index (χ2n) is 5.73. The van der Waals surface area contributed by atoms with Crippen molar-refractivity contribution in [1.82, 2.24) is 0 Å². The molecule has 7 heteroatoms. The van der Waals surface area contributed by atoms with E-state index in [1.54, 1.807) is 41.3 Å². The third-order valence-corrected chi connectivity index (χ3v) is 5.02. The molecule has 0 unspecified atom stereocenters. The van der Waals surface area contributed by atoms with Crippen molar-refractivity contribution in [2.75, 3.05) is 18.6 Å². The molecule has 0 radical (unpaired) electrons. The maximum Gasteiger partial charge on any atom is 0.338 e. The van der Waals surface area contributed by atoms with Gasteiger partial charge in [-0.1, -0.05) is 30.0 Å². The van der Waals surface area contributed by atoms with Crippen LogP contribution in [0.25, 0.3) is 0 Å². The lowest BCUT2D eigenvalue weighted by atomic mass is 9.95. The van der Waals surface area contributed by atoms with Crippen molar-refractivity contribution in [1.29, 1.82) is 0 Å². The second kappa shape index (κ2) is 7.86. The summed E-state index contributed by atoms with van der Waals surface area (Å²) in [6.07, 6.45) is 1.33. The van der Waals surface area contributed by atoms with Crippen LogP contribution in [0.15, 0.2) is 47.4 Å². The van der Waals surface area contributed by atoms with E-state index in [4.69, 9.17) is 4.74 Å². The van der Waals surface area contributed by atoms with Gasteiger partial charge in [-0.05, 0) is 42.7 Å². The van der Waals surface area contributed by atoms with Gasteiger partial charge in [0.25, 0.3) is 11.7 Å². The van der Waals surface area contributed by atoms with E-state index in [-0.39, 0.29) is 16.4 Å². The summed E-state index contributed by atoms with van der Waals surface area (Å²) in [6.45, 7) is 0.462. The van der Waals surface area contributed by atoms with E-state index in [9.17, 15) is 18.4 Å². The molecule has 0 aromatic heterocycles. The highest BCUT2D eigenvalue weighted by atomic mass is 32.2. The van der Waals surface area contributed by atoms with Crippen LogP contribution in [0.5, 0.6) is 0 Å². The van der Waals surface area contributed by atoms with E-state index in [2.05, 4.69) is 0 Å².